The number of methoxy groups -OCH3 is 2. The van der Waals surface area contributed by atoms with Crippen LogP contribution in [0.1, 0.15) is 106 Å². The van der Waals surface area contributed by atoms with E-state index in [1.54, 1.807) is 24.3 Å². The van der Waals surface area contributed by atoms with Gasteiger partial charge in [0.2, 0.25) is 11.6 Å². The number of carbonyl (C=O) groups is 2. The number of rotatable bonds is 16. The highest BCUT2D eigenvalue weighted by Crippen LogP contribution is 2.54. The van der Waals surface area contributed by atoms with Crippen LogP contribution in [-0.4, -0.2) is 108 Å². The van der Waals surface area contributed by atoms with Crippen LogP contribution in [0.4, 0.5) is 0 Å². The minimum Gasteiger partial charge on any atom is -0.490 e. The molecule has 6 aliphatic rings. The number of hydrogen-bond acceptors (Lipinski definition) is 14. The van der Waals surface area contributed by atoms with E-state index in [-0.39, 0.29) is 12.0 Å². The van der Waals surface area contributed by atoms with Gasteiger partial charge in [-0.3, -0.25) is 9.59 Å². The lowest BCUT2D eigenvalue weighted by atomic mass is 9.81. The van der Waals surface area contributed by atoms with Crippen molar-refractivity contribution < 1.29 is 67.9 Å². The summed E-state index contributed by atoms with van der Waals surface area (Å²) in [5, 5.41) is 42.0. The third-order valence-electron chi connectivity index (χ3n) is 16.2. The highest BCUT2D eigenvalue weighted by molar-refractivity contribution is 6.31. The average molecular weight is 1060 g/mol. The van der Waals surface area contributed by atoms with Gasteiger partial charge in [0.25, 0.3) is 0 Å². The molecule has 4 saturated carbocycles. The van der Waals surface area contributed by atoms with E-state index in [0.717, 1.165) is 70.3 Å². The molecule has 14 nitrogen and oxygen atoms in total. The lowest BCUT2D eigenvalue weighted by molar-refractivity contribution is -0.366. The summed E-state index contributed by atoms with van der Waals surface area (Å²) in [4.78, 5) is 24.3. The number of esters is 2. The number of benzene rings is 4. The first-order chi connectivity index (χ1) is 35.5. The molecule has 14 atom stereocenters. The maximum absolute atomic E-state index is 12.2. The Morgan fingerprint density at radius 2 is 1.07 bits per heavy atom. The number of fused-ring (bicyclic) bond motifs is 2. The topological polar surface area (TPSA) is 189 Å². The van der Waals surface area contributed by atoms with Gasteiger partial charge in [-0.15, -0.1) is 0 Å². The third-order valence-corrected chi connectivity index (χ3v) is 16.9. The number of halogens is 2. The van der Waals surface area contributed by atoms with Crippen LogP contribution in [0.25, 0.3) is 0 Å². The summed E-state index contributed by atoms with van der Waals surface area (Å²) in [7, 11) is 2.84. The fourth-order valence-electron chi connectivity index (χ4n) is 12.0. The smallest absolute Gasteiger partial charge is 0.303 e. The third kappa shape index (κ3) is 11.5. The van der Waals surface area contributed by atoms with Crippen molar-refractivity contribution in [2.24, 2.45) is 29.6 Å². The van der Waals surface area contributed by atoms with Crippen molar-refractivity contribution in [1.82, 2.24) is 0 Å². The minimum absolute atomic E-state index is 0.232. The molecule has 400 valence electrons. The summed E-state index contributed by atoms with van der Waals surface area (Å²) < 4.78 is 47.8. The monoisotopic (exact) mass is 1060 g/mol. The molecule has 0 spiro atoms. The molecule has 2 saturated heterocycles. The van der Waals surface area contributed by atoms with Crippen LogP contribution in [0.15, 0.2) is 84.9 Å². The van der Waals surface area contributed by atoms with Crippen molar-refractivity contribution in [3.8, 4) is 11.5 Å². The van der Waals surface area contributed by atoms with Crippen molar-refractivity contribution in [2.45, 2.75) is 152 Å². The number of aliphatic hydroxyl groups is 4. The summed E-state index contributed by atoms with van der Waals surface area (Å²) in [6.45, 7) is 6.03. The Bertz CT molecular complexity index is 2580. The molecule has 0 radical (unpaired) electrons. The second-order valence-corrected chi connectivity index (χ2v) is 22.0. The summed E-state index contributed by atoms with van der Waals surface area (Å²) in [5.74, 6) is 0.762. The summed E-state index contributed by atoms with van der Waals surface area (Å²) in [6.07, 6.45) is 1.95. The zero-order valence-electron chi connectivity index (χ0n) is 42.9. The Morgan fingerprint density at radius 3 is 1.49 bits per heavy atom. The maximum atomic E-state index is 12.2. The number of carbonyl (C=O) groups excluding carboxylic acids is 2. The normalized spacial score (nSPS) is 34.6. The predicted octanol–water partition coefficient (Wildman–Crippen LogP) is 8.60. The number of aliphatic hydroxyl groups excluding tert-OH is 4. The Labute approximate surface area is 443 Å². The minimum atomic E-state index is -1.77. The lowest BCUT2D eigenvalue weighted by Crippen LogP contribution is -2.64. The number of hydrogen-bond donors (Lipinski definition) is 4. The number of ether oxygens (including phenoxy) is 8. The fourth-order valence-corrected chi connectivity index (χ4v) is 12.4. The zero-order chi connectivity index (χ0) is 52.6. The van der Waals surface area contributed by atoms with Crippen molar-refractivity contribution in [1.29, 1.82) is 0 Å². The van der Waals surface area contributed by atoms with Crippen LogP contribution in [0, 0.1) is 29.6 Å². The first-order valence-corrected chi connectivity index (χ1v) is 26.8. The van der Waals surface area contributed by atoms with Crippen LogP contribution >= 0.6 is 23.2 Å². The molecule has 0 bridgehead atoms. The van der Waals surface area contributed by atoms with Gasteiger partial charge in [-0.25, -0.2) is 0 Å². The first kappa shape index (κ1) is 54.5. The molecule has 4 aromatic rings. The van der Waals surface area contributed by atoms with E-state index in [2.05, 4.69) is 12.1 Å². The van der Waals surface area contributed by atoms with Crippen molar-refractivity contribution in [3.63, 3.8) is 0 Å². The van der Waals surface area contributed by atoms with E-state index in [1.165, 1.54) is 53.8 Å². The van der Waals surface area contributed by atoms with E-state index >= 15 is 0 Å². The molecule has 6 fully saturated rings. The molecule has 6 unspecified atom stereocenters. The Balaban J connectivity index is 0.000000184. The van der Waals surface area contributed by atoms with Crippen LogP contribution in [0.2, 0.25) is 10.0 Å². The van der Waals surface area contributed by atoms with Gasteiger partial charge < -0.3 is 58.3 Å². The molecule has 4 N–H and O–H groups in total. The summed E-state index contributed by atoms with van der Waals surface area (Å²) >= 11 is 13.2. The Kier molecular flexibility index (Phi) is 16.7. The highest BCUT2D eigenvalue weighted by Gasteiger charge is 2.59. The van der Waals surface area contributed by atoms with Gasteiger partial charge >= 0.3 is 11.9 Å². The van der Waals surface area contributed by atoms with E-state index < -0.39 is 66.7 Å². The molecule has 0 aromatic heterocycles. The molecule has 16 heteroatoms. The molecule has 4 aromatic carbocycles. The van der Waals surface area contributed by atoms with Crippen LogP contribution < -0.4 is 9.47 Å². The second-order valence-electron chi connectivity index (χ2n) is 21.2. The van der Waals surface area contributed by atoms with Crippen molar-refractivity contribution in [3.05, 3.63) is 128 Å². The molecule has 0 amide bonds. The second kappa shape index (κ2) is 22.7. The summed E-state index contributed by atoms with van der Waals surface area (Å²) in [5.41, 5.74) is 4.79. The Morgan fingerprint density at radius 1 is 0.622 bits per heavy atom. The largest absolute Gasteiger partial charge is 0.490 e. The maximum Gasteiger partial charge on any atom is 0.303 e. The molecule has 4 aliphatic carbocycles. The SMILES string of the molecule is CC[C@H]1OC(OC)(c2ccc(Cl)c(Cc3ccc(OC4CC5CC5C4)cc3)c2)[C@H](OC(C)=O)[C@@H](OC(C)=O)[C@@H]1C.COC1(c2ccc(Cl)c(Cc3ccc(OC4CC5CC5C4)cc3)c2)O[C@H](CO)[C@@H](O)[C@H](O)[C@H]1O. The molecule has 74 heavy (non-hydrogen) atoms. The van der Waals surface area contributed by atoms with Gasteiger partial charge in [-0.1, -0.05) is 73.4 Å². The van der Waals surface area contributed by atoms with Gasteiger partial charge in [0.1, 0.15) is 42.0 Å². The van der Waals surface area contributed by atoms with Gasteiger partial charge in [0.05, 0.1) is 24.9 Å². The molecular weight excluding hydrogens is 992 g/mol. The lowest BCUT2D eigenvalue weighted by Gasteiger charge is -2.50. The molecular formula is C58H70Cl2O14. The van der Waals surface area contributed by atoms with Gasteiger partial charge in [-0.2, -0.15) is 0 Å². The standard InChI is InChI=1S/C32H39ClO7.C26H31ClO7/c1-6-29-18(2)30(37-19(3)34)31(38-20(4)35)32(36-5,40-29)25-9-12-28(33)24(15-25)13-21-7-10-26(11-8-21)39-27-16-22-14-23(22)17-27;1-32-26(25(31)24(30)23(29)22(13-28)34-26)18-4-7-21(27)17(10-18)8-14-2-5-19(6-3-14)33-20-11-15-9-16(15)12-20/h7-12,15,18,22-23,27,29-31H,6,13-14,16-17H2,1-5H3;2-7,10,15-16,20,22-25,28-31H,8-9,11-13H2,1H3/t18-,22?,23?,27?,29-,30+,31-,32?;15?,16?,20?,22-,23-,24+,25-,26?/m11/s1. The van der Waals surface area contributed by atoms with E-state index in [9.17, 15) is 30.0 Å². The highest BCUT2D eigenvalue weighted by atomic mass is 35.5. The van der Waals surface area contributed by atoms with E-state index in [4.69, 9.17) is 61.1 Å². The average Bonchev–Trinajstić information content (AvgIpc) is 4.24. The molecule has 2 aliphatic heterocycles. The van der Waals surface area contributed by atoms with E-state index in [1.807, 2.05) is 62.4 Å². The summed E-state index contributed by atoms with van der Waals surface area (Å²) in [6, 6.07) is 26.7. The van der Waals surface area contributed by atoms with Crippen LogP contribution in [0.5, 0.6) is 11.5 Å². The van der Waals surface area contributed by atoms with Gasteiger partial charge in [0, 0.05) is 55.2 Å². The Hall–Kier alpha value is -4.32. The van der Waals surface area contributed by atoms with Gasteiger partial charge in [-0.05, 0) is 152 Å². The van der Waals surface area contributed by atoms with Gasteiger partial charge in [0.15, 0.2) is 6.10 Å². The predicted molar refractivity (Wildman–Crippen MR) is 275 cm³/mol. The quantitative estimate of drug-likeness (QED) is 0.0781. The molecule has 10 rings (SSSR count). The van der Waals surface area contributed by atoms with Crippen molar-refractivity contribution in [2.75, 3.05) is 20.8 Å². The fraction of sp³-hybridized carbons (Fsp3) is 0.552. The first-order valence-electron chi connectivity index (χ1n) is 26.0. The van der Waals surface area contributed by atoms with Crippen molar-refractivity contribution >= 4 is 35.1 Å². The van der Waals surface area contributed by atoms with Crippen LogP contribution in [0.3, 0.4) is 0 Å². The van der Waals surface area contributed by atoms with E-state index in [0.29, 0.717) is 52.6 Å². The van der Waals surface area contributed by atoms with Crippen LogP contribution in [-0.2, 0) is 62.4 Å². The molecule has 2 heterocycles. The zero-order valence-corrected chi connectivity index (χ0v) is 44.4.